The van der Waals surface area contributed by atoms with Crippen molar-refractivity contribution in [3.63, 3.8) is 0 Å². The number of anilines is 2. The van der Waals surface area contributed by atoms with Gasteiger partial charge in [0.25, 0.3) is 0 Å². The SMILES string of the molecule is COCc1nc(Cl)cc(N2CCc3ccc(F)cc32)n1. The van der Waals surface area contributed by atoms with Crippen molar-refractivity contribution in [3.05, 3.63) is 46.6 Å². The minimum atomic E-state index is -0.257. The number of rotatable bonds is 3. The van der Waals surface area contributed by atoms with E-state index in [-0.39, 0.29) is 12.4 Å². The molecule has 0 radical (unpaired) electrons. The largest absolute Gasteiger partial charge is 0.377 e. The molecule has 0 unspecified atom stereocenters. The predicted molar refractivity (Wildman–Crippen MR) is 74.9 cm³/mol. The molecule has 0 fully saturated rings. The van der Waals surface area contributed by atoms with Gasteiger partial charge in [-0.3, -0.25) is 0 Å². The first-order chi connectivity index (χ1) is 9.67. The Morgan fingerprint density at radius 3 is 3.00 bits per heavy atom. The lowest BCUT2D eigenvalue weighted by Crippen LogP contribution is -2.16. The van der Waals surface area contributed by atoms with E-state index in [0.717, 1.165) is 24.2 Å². The Morgan fingerprint density at radius 2 is 2.20 bits per heavy atom. The molecule has 1 aliphatic rings. The van der Waals surface area contributed by atoms with E-state index in [9.17, 15) is 4.39 Å². The summed E-state index contributed by atoms with van der Waals surface area (Å²) < 4.78 is 18.5. The topological polar surface area (TPSA) is 38.2 Å². The zero-order chi connectivity index (χ0) is 14.1. The molecule has 104 valence electrons. The quantitative estimate of drug-likeness (QED) is 0.815. The summed E-state index contributed by atoms with van der Waals surface area (Å²) in [6.45, 7) is 1.04. The Balaban J connectivity index is 2.01. The van der Waals surface area contributed by atoms with Gasteiger partial charge in [-0.15, -0.1) is 0 Å². The molecule has 2 aromatic rings. The maximum Gasteiger partial charge on any atom is 0.158 e. The van der Waals surface area contributed by atoms with Gasteiger partial charge in [-0.05, 0) is 24.1 Å². The van der Waals surface area contributed by atoms with Crippen LogP contribution >= 0.6 is 11.6 Å². The highest BCUT2D eigenvalue weighted by molar-refractivity contribution is 6.29. The van der Waals surface area contributed by atoms with Gasteiger partial charge >= 0.3 is 0 Å². The Kier molecular flexibility index (Phi) is 3.54. The molecule has 0 bridgehead atoms. The normalized spacial score (nSPS) is 13.7. The summed E-state index contributed by atoms with van der Waals surface area (Å²) in [5.74, 6) is 0.925. The Labute approximate surface area is 121 Å². The molecule has 0 saturated heterocycles. The number of hydrogen-bond acceptors (Lipinski definition) is 4. The van der Waals surface area contributed by atoms with Crippen LogP contribution in [0.4, 0.5) is 15.9 Å². The zero-order valence-corrected chi connectivity index (χ0v) is 11.7. The van der Waals surface area contributed by atoms with Crippen molar-refractivity contribution in [3.8, 4) is 0 Å². The third-order valence-electron chi connectivity index (χ3n) is 3.22. The second kappa shape index (κ2) is 5.34. The lowest BCUT2D eigenvalue weighted by molar-refractivity contribution is 0.178. The van der Waals surface area contributed by atoms with E-state index < -0.39 is 0 Å². The lowest BCUT2D eigenvalue weighted by Gasteiger charge is -2.19. The van der Waals surface area contributed by atoms with Gasteiger partial charge in [0.2, 0.25) is 0 Å². The van der Waals surface area contributed by atoms with Crippen LogP contribution in [-0.2, 0) is 17.8 Å². The highest BCUT2D eigenvalue weighted by Gasteiger charge is 2.22. The first-order valence-electron chi connectivity index (χ1n) is 6.26. The molecule has 1 aromatic heterocycles. The molecule has 0 aliphatic carbocycles. The monoisotopic (exact) mass is 293 g/mol. The van der Waals surface area contributed by atoms with Crippen LogP contribution in [0.3, 0.4) is 0 Å². The lowest BCUT2D eigenvalue weighted by atomic mass is 10.2. The molecule has 0 saturated carbocycles. The summed E-state index contributed by atoms with van der Waals surface area (Å²) in [5.41, 5.74) is 1.94. The highest BCUT2D eigenvalue weighted by atomic mass is 35.5. The van der Waals surface area contributed by atoms with Crippen LogP contribution in [0.2, 0.25) is 5.15 Å². The first kappa shape index (κ1) is 13.3. The molecule has 20 heavy (non-hydrogen) atoms. The van der Waals surface area contributed by atoms with Gasteiger partial charge in [0.1, 0.15) is 23.4 Å². The summed E-state index contributed by atoms with van der Waals surface area (Å²) in [6, 6.07) is 6.49. The van der Waals surface area contributed by atoms with Crippen molar-refractivity contribution < 1.29 is 9.13 Å². The number of nitrogens with zero attached hydrogens (tertiary/aromatic N) is 3. The Morgan fingerprint density at radius 1 is 1.35 bits per heavy atom. The van der Waals surface area contributed by atoms with E-state index in [4.69, 9.17) is 16.3 Å². The summed E-state index contributed by atoms with van der Waals surface area (Å²) >= 11 is 6.02. The molecule has 0 N–H and O–H groups in total. The fourth-order valence-corrected chi connectivity index (χ4v) is 2.57. The third-order valence-corrected chi connectivity index (χ3v) is 3.41. The maximum absolute atomic E-state index is 13.4. The minimum absolute atomic E-state index is 0.257. The van der Waals surface area contributed by atoms with Crippen molar-refractivity contribution in [1.82, 2.24) is 9.97 Å². The van der Waals surface area contributed by atoms with Gasteiger partial charge in [0.05, 0.1) is 0 Å². The zero-order valence-electron chi connectivity index (χ0n) is 10.9. The number of hydrogen-bond donors (Lipinski definition) is 0. The molecular formula is C14H13ClFN3O. The molecule has 0 spiro atoms. The molecule has 0 atom stereocenters. The number of methoxy groups -OCH3 is 1. The summed E-state index contributed by atoms with van der Waals surface area (Å²) in [5, 5.41) is 0.354. The number of halogens is 2. The van der Waals surface area contributed by atoms with Crippen molar-refractivity contribution in [2.45, 2.75) is 13.0 Å². The molecular weight excluding hydrogens is 281 g/mol. The van der Waals surface area contributed by atoms with Crippen LogP contribution in [-0.4, -0.2) is 23.6 Å². The van der Waals surface area contributed by atoms with Gasteiger partial charge in [-0.2, -0.15) is 0 Å². The van der Waals surface area contributed by atoms with Crippen LogP contribution in [0.15, 0.2) is 24.3 Å². The first-order valence-corrected chi connectivity index (χ1v) is 6.63. The van der Waals surface area contributed by atoms with Crippen LogP contribution in [0.25, 0.3) is 0 Å². The fourth-order valence-electron chi connectivity index (χ4n) is 2.37. The second-order valence-electron chi connectivity index (χ2n) is 4.57. The van der Waals surface area contributed by atoms with Crippen molar-refractivity contribution in [2.75, 3.05) is 18.6 Å². The van der Waals surface area contributed by atoms with Gasteiger partial charge < -0.3 is 9.64 Å². The fraction of sp³-hybridized carbons (Fsp3) is 0.286. The second-order valence-corrected chi connectivity index (χ2v) is 4.96. The Hall–Kier alpha value is -1.72. The minimum Gasteiger partial charge on any atom is -0.377 e. The third kappa shape index (κ3) is 2.46. The van der Waals surface area contributed by atoms with Gasteiger partial charge in [-0.25, -0.2) is 14.4 Å². The summed E-state index contributed by atoms with van der Waals surface area (Å²) in [6.07, 6.45) is 0.858. The number of aromatic nitrogens is 2. The van der Waals surface area contributed by atoms with Crippen LogP contribution < -0.4 is 4.90 Å². The van der Waals surface area contributed by atoms with E-state index in [1.54, 1.807) is 13.2 Å². The maximum atomic E-state index is 13.4. The van der Waals surface area contributed by atoms with E-state index in [0.29, 0.717) is 16.8 Å². The van der Waals surface area contributed by atoms with Gasteiger partial charge in [-0.1, -0.05) is 17.7 Å². The van der Waals surface area contributed by atoms with Gasteiger partial charge in [0.15, 0.2) is 5.82 Å². The van der Waals surface area contributed by atoms with Crippen molar-refractivity contribution in [1.29, 1.82) is 0 Å². The number of benzene rings is 1. The van der Waals surface area contributed by atoms with Gasteiger partial charge in [0, 0.05) is 25.4 Å². The van der Waals surface area contributed by atoms with E-state index in [2.05, 4.69) is 9.97 Å². The van der Waals surface area contributed by atoms with Crippen LogP contribution in [0.1, 0.15) is 11.4 Å². The summed E-state index contributed by atoms with van der Waals surface area (Å²) in [4.78, 5) is 10.5. The van der Waals surface area contributed by atoms with Crippen LogP contribution in [0, 0.1) is 5.82 Å². The average molecular weight is 294 g/mol. The highest BCUT2D eigenvalue weighted by Crippen LogP contribution is 2.34. The molecule has 1 aliphatic heterocycles. The van der Waals surface area contributed by atoms with E-state index in [1.165, 1.54) is 12.1 Å². The predicted octanol–water partition coefficient (Wildman–Crippen LogP) is 3.11. The molecule has 6 heteroatoms. The van der Waals surface area contributed by atoms with E-state index in [1.807, 2.05) is 11.0 Å². The Bertz CT molecular complexity index is 650. The molecule has 0 amide bonds. The molecule has 1 aromatic carbocycles. The van der Waals surface area contributed by atoms with E-state index >= 15 is 0 Å². The number of fused-ring (bicyclic) bond motifs is 1. The van der Waals surface area contributed by atoms with Crippen LogP contribution in [0.5, 0.6) is 0 Å². The molecule has 3 rings (SSSR count). The van der Waals surface area contributed by atoms with Crippen molar-refractivity contribution >= 4 is 23.1 Å². The standard InChI is InChI=1S/C14H13ClFN3O/c1-20-8-13-17-12(15)7-14(18-13)19-5-4-9-2-3-10(16)6-11(9)19/h2-3,6-7H,4-5,8H2,1H3. The van der Waals surface area contributed by atoms with Crippen molar-refractivity contribution in [2.24, 2.45) is 0 Å². The molecule has 2 heterocycles. The molecule has 4 nitrogen and oxygen atoms in total. The summed E-state index contributed by atoms with van der Waals surface area (Å²) in [7, 11) is 1.57. The average Bonchev–Trinajstić information content (AvgIpc) is 2.81. The smallest absolute Gasteiger partial charge is 0.158 e. The number of ether oxygens (including phenoxy) is 1.